The smallest absolute Gasteiger partial charge is 0.216 e. The van der Waals surface area contributed by atoms with E-state index in [2.05, 4.69) is 4.98 Å². The normalized spacial score (nSPS) is 27.6. The van der Waals surface area contributed by atoms with Crippen molar-refractivity contribution in [3.05, 3.63) is 22.8 Å². The van der Waals surface area contributed by atoms with Crippen molar-refractivity contribution in [1.82, 2.24) is 4.98 Å². The van der Waals surface area contributed by atoms with Crippen LogP contribution in [0.4, 0.5) is 0 Å². The highest BCUT2D eigenvalue weighted by atomic mass is 35.5. The van der Waals surface area contributed by atoms with Crippen LogP contribution < -0.4 is 4.74 Å². The molecule has 0 radical (unpaired) electrons. The van der Waals surface area contributed by atoms with E-state index in [1.807, 2.05) is 19.9 Å². The van der Waals surface area contributed by atoms with Crippen molar-refractivity contribution >= 4 is 11.6 Å². The summed E-state index contributed by atoms with van der Waals surface area (Å²) in [5, 5.41) is 9.14. The summed E-state index contributed by atoms with van der Waals surface area (Å²) in [6.45, 7) is 4.05. The van der Waals surface area contributed by atoms with Crippen LogP contribution in [-0.2, 0) is 4.74 Å². The molecule has 1 saturated heterocycles. The fraction of sp³-hybridized carbons (Fsp3) is 0.538. The van der Waals surface area contributed by atoms with Crippen LogP contribution in [0.5, 0.6) is 5.88 Å². The van der Waals surface area contributed by atoms with E-state index in [0.717, 1.165) is 12.8 Å². The minimum atomic E-state index is 0.0567. The molecule has 1 fully saturated rings. The molecular formula is C13H15ClN2O2. The molecule has 0 aromatic carbocycles. The average Bonchev–Trinajstić information content (AvgIpc) is 2.26. The first-order valence-corrected chi connectivity index (χ1v) is 6.34. The summed E-state index contributed by atoms with van der Waals surface area (Å²) >= 11 is 5.84. The first-order chi connectivity index (χ1) is 8.56. The molecule has 0 saturated carbocycles. The number of nitriles is 1. The summed E-state index contributed by atoms with van der Waals surface area (Å²) in [5.74, 6) is 0.408. The number of aromatic nitrogens is 1. The lowest BCUT2D eigenvalue weighted by atomic mass is 10.0. The largest absolute Gasteiger partial charge is 0.474 e. The van der Waals surface area contributed by atoms with Gasteiger partial charge in [-0.25, -0.2) is 4.98 Å². The van der Waals surface area contributed by atoms with Crippen molar-refractivity contribution in [2.75, 3.05) is 0 Å². The van der Waals surface area contributed by atoms with Gasteiger partial charge in [0.1, 0.15) is 11.3 Å². The first kappa shape index (κ1) is 13.1. The van der Waals surface area contributed by atoms with E-state index in [1.165, 1.54) is 6.07 Å². The van der Waals surface area contributed by atoms with E-state index in [-0.39, 0.29) is 23.5 Å². The van der Waals surface area contributed by atoms with Gasteiger partial charge in [-0.3, -0.25) is 0 Å². The van der Waals surface area contributed by atoms with Crippen LogP contribution in [0.25, 0.3) is 0 Å². The molecule has 2 rings (SSSR count). The van der Waals surface area contributed by atoms with E-state index in [0.29, 0.717) is 11.4 Å². The van der Waals surface area contributed by atoms with Gasteiger partial charge in [-0.05, 0) is 19.9 Å². The number of nitrogens with zero attached hydrogens (tertiary/aromatic N) is 2. The van der Waals surface area contributed by atoms with Crippen LogP contribution in [0, 0.1) is 11.3 Å². The second-order valence-electron chi connectivity index (χ2n) is 4.60. The van der Waals surface area contributed by atoms with E-state index in [4.69, 9.17) is 26.3 Å². The van der Waals surface area contributed by atoms with Crippen molar-refractivity contribution in [2.24, 2.45) is 0 Å². The van der Waals surface area contributed by atoms with Gasteiger partial charge in [-0.15, -0.1) is 0 Å². The van der Waals surface area contributed by atoms with Crippen molar-refractivity contribution in [1.29, 1.82) is 5.26 Å². The van der Waals surface area contributed by atoms with E-state index < -0.39 is 0 Å². The summed E-state index contributed by atoms with van der Waals surface area (Å²) in [6.07, 6.45) is 2.05. The summed E-state index contributed by atoms with van der Waals surface area (Å²) in [5.41, 5.74) is 0.457. The van der Waals surface area contributed by atoms with Gasteiger partial charge in [-0.2, -0.15) is 5.26 Å². The SMILES string of the molecule is CC1CC(Oc2cc(C#N)cc(Cl)n2)CC(C)O1. The molecule has 2 heterocycles. The third-order valence-electron chi connectivity index (χ3n) is 2.84. The van der Waals surface area contributed by atoms with Crippen molar-refractivity contribution < 1.29 is 9.47 Å². The number of ether oxygens (including phenoxy) is 2. The number of hydrogen-bond acceptors (Lipinski definition) is 4. The van der Waals surface area contributed by atoms with Crippen LogP contribution in [0.15, 0.2) is 12.1 Å². The summed E-state index contributed by atoms with van der Waals surface area (Å²) in [7, 11) is 0. The molecule has 0 amide bonds. The Morgan fingerprint density at radius 3 is 2.67 bits per heavy atom. The van der Waals surface area contributed by atoms with Crippen LogP contribution >= 0.6 is 11.6 Å². The number of pyridine rings is 1. The summed E-state index contributed by atoms with van der Waals surface area (Å²) in [6, 6.07) is 5.16. The number of halogens is 1. The Balaban J connectivity index is 2.09. The van der Waals surface area contributed by atoms with Gasteiger partial charge in [0.2, 0.25) is 5.88 Å². The Hall–Kier alpha value is -1.31. The Labute approximate surface area is 111 Å². The van der Waals surface area contributed by atoms with Gasteiger partial charge in [0, 0.05) is 18.9 Å². The fourth-order valence-electron chi connectivity index (χ4n) is 2.21. The predicted octanol–water partition coefficient (Wildman–Crippen LogP) is 2.94. The van der Waals surface area contributed by atoms with Gasteiger partial charge in [0.15, 0.2) is 0 Å². The molecule has 0 aliphatic carbocycles. The van der Waals surface area contributed by atoms with E-state index in [9.17, 15) is 0 Å². The molecule has 0 spiro atoms. The molecule has 0 N–H and O–H groups in total. The average molecular weight is 267 g/mol. The molecule has 5 heteroatoms. The fourth-order valence-corrected chi connectivity index (χ4v) is 2.41. The minimum absolute atomic E-state index is 0.0567. The molecule has 96 valence electrons. The summed E-state index contributed by atoms with van der Waals surface area (Å²) < 4.78 is 11.4. The highest BCUT2D eigenvalue weighted by Crippen LogP contribution is 2.24. The van der Waals surface area contributed by atoms with Gasteiger partial charge in [-0.1, -0.05) is 11.6 Å². The van der Waals surface area contributed by atoms with E-state index in [1.54, 1.807) is 6.07 Å². The number of rotatable bonds is 2. The molecule has 2 atom stereocenters. The lowest BCUT2D eigenvalue weighted by molar-refractivity contribution is -0.0729. The van der Waals surface area contributed by atoms with Crippen LogP contribution in [0.1, 0.15) is 32.3 Å². The van der Waals surface area contributed by atoms with Gasteiger partial charge >= 0.3 is 0 Å². The highest BCUT2D eigenvalue weighted by Gasteiger charge is 2.26. The molecule has 4 nitrogen and oxygen atoms in total. The van der Waals surface area contributed by atoms with Crippen molar-refractivity contribution in [3.63, 3.8) is 0 Å². The minimum Gasteiger partial charge on any atom is -0.474 e. The van der Waals surface area contributed by atoms with Gasteiger partial charge in [0.25, 0.3) is 0 Å². The van der Waals surface area contributed by atoms with Crippen LogP contribution in [0.2, 0.25) is 5.15 Å². The molecule has 2 unspecified atom stereocenters. The Morgan fingerprint density at radius 1 is 1.39 bits per heavy atom. The lowest BCUT2D eigenvalue weighted by Gasteiger charge is -2.31. The molecule has 1 aromatic heterocycles. The van der Waals surface area contributed by atoms with Crippen molar-refractivity contribution in [2.45, 2.75) is 45.0 Å². The molecule has 1 aromatic rings. The molecule has 1 aliphatic rings. The maximum absolute atomic E-state index is 8.86. The summed E-state index contributed by atoms with van der Waals surface area (Å²) in [4.78, 5) is 4.08. The topological polar surface area (TPSA) is 55.1 Å². The molecular weight excluding hydrogens is 252 g/mol. The Bertz CT molecular complexity index is 463. The zero-order chi connectivity index (χ0) is 13.1. The van der Waals surface area contributed by atoms with Crippen LogP contribution in [0.3, 0.4) is 0 Å². The molecule has 0 bridgehead atoms. The maximum atomic E-state index is 8.86. The quantitative estimate of drug-likeness (QED) is 0.773. The molecule has 18 heavy (non-hydrogen) atoms. The predicted molar refractivity (Wildman–Crippen MR) is 67.6 cm³/mol. The zero-order valence-corrected chi connectivity index (χ0v) is 11.1. The van der Waals surface area contributed by atoms with Crippen LogP contribution in [-0.4, -0.2) is 23.3 Å². The van der Waals surface area contributed by atoms with E-state index >= 15 is 0 Å². The second kappa shape index (κ2) is 5.55. The van der Waals surface area contributed by atoms with Crippen molar-refractivity contribution in [3.8, 4) is 11.9 Å². The third kappa shape index (κ3) is 3.34. The Kier molecular flexibility index (Phi) is 4.05. The third-order valence-corrected chi connectivity index (χ3v) is 3.03. The maximum Gasteiger partial charge on any atom is 0.216 e. The zero-order valence-electron chi connectivity index (χ0n) is 10.4. The van der Waals surface area contributed by atoms with Gasteiger partial charge < -0.3 is 9.47 Å². The number of hydrogen-bond donors (Lipinski definition) is 0. The standard InChI is InChI=1S/C13H15ClN2O2/c1-8-3-11(4-9(2)17-8)18-13-6-10(7-15)5-12(14)16-13/h5-6,8-9,11H,3-4H2,1-2H3. The van der Waals surface area contributed by atoms with Gasteiger partial charge in [0.05, 0.1) is 23.8 Å². The Morgan fingerprint density at radius 2 is 2.06 bits per heavy atom. The highest BCUT2D eigenvalue weighted by molar-refractivity contribution is 6.29. The molecule has 1 aliphatic heterocycles. The monoisotopic (exact) mass is 266 g/mol. The lowest BCUT2D eigenvalue weighted by Crippen LogP contribution is -2.35. The first-order valence-electron chi connectivity index (χ1n) is 5.96. The second-order valence-corrected chi connectivity index (χ2v) is 4.98.